The SMILES string of the molecule is C=CC(=O)N1C[C@H](C)n2nc(-c3nc(-c4cnc5ccn(C)c5c4)c4scc(F)c4c3-c3c(F)cc(F)cc3O[C@H]3CCN(C)C3)cc2[C@H]1C. The molecule has 256 valence electrons. The van der Waals surface area contributed by atoms with Crippen LogP contribution in [0.4, 0.5) is 13.2 Å². The van der Waals surface area contributed by atoms with Crippen molar-refractivity contribution in [2.24, 2.45) is 7.05 Å². The number of rotatable bonds is 6. The van der Waals surface area contributed by atoms with E-state index in [9.17, 15) is 9.18 Å². The Kier molecular flexibility index (Phi) is 7.79. The predicted octanol–water partition coefficient (Wildman–Crippen LogP) is 7.53. The lowest BCUT2D eigenvalue weighted by molar-refractivity contribution is -0.129. The molecule has 2 aliphatic heterocycles. The first kappa shape index (κ1) is 32.2. The molecule has 0 aliphatic carbocycles. The Morgan fingerprint density at radius 1 is 1.06 bits per heavy atom. The Morgan fingerprint density at radius 2 is 1.88 bits per heavy atom. The Labute approximate surface area is 290 Å². The number of benzene rings is 1. The number of hydrogen-bond acceptors (Lipinski definition) is 7. The number of likely N-dealkylation sites (N-methyl/N-ethyl adjacent to an activating group) is 1. The van der Waals surface area contributed by atoms with E-state index in [-0.39, 0.29) is 52.1 Å². The van der Waals surface area contributed by atoms with Gasteiger partial charge in [-0.3, -0.25) is 14.5 Å². The van der Waals surface area contributed by atoms with Gasteiger partial charge in [0, 0.05) is 73.1 Å². The Hall–Kier alpha value is -5.01. The van der Waals surface area contributed by atoms with Gasteiger partial charge in [-0.2, -0.15) is 5.10 Å². The van der Waals surface area contributed by atoms with Crippen LogP contribution in [-0.4, -0.2) is 72.8 Å². The highest BCUT2D eigenvalue weighted by Gasteiger charge is 2.35. The molecule has 5 aromatic heterocycles. The van der Waals surface area contributed by atoms with Crippen molar-refractivity contribution in [1.29, 1.82) is 0 Å². The van der Waals surface area contributed by atoms with Crippen molar-refractivity contribution >= 4 is 38.4 Å². The number of aryl methyl sites for hydroxylation is 1. The Balaban J connectivity index is 1.42. The van der Waals surface area contributed by atoms with Crippen LogP contribution < -0.4 is 4.74 Å². The van der Waals surface area contributed by atoms with E-state index < -0.39 is 17.5 Å². The largest absolute Gasteiger partial charge is 0.488 e. The van der Waals surface area contributed by atoms with Crippen molar-refractivity contribution < 1.29 is 22.7 Å². The van der Waals surface area contributed by atoms with E-state index >= 15 is 8.78 Å². The van der Waals surface area contributed by atoms with E-state index in [2.05, 4.69) is 16.5 Å². The number of carbonyl (C=O) groups is 1. The molecule has 1 amide bonds. The minimum Gasteiger partial charge on any atom is -0.488 e. The van der Waals surface area contributed by atoms with Gasteiger partial charge in [-0.1, -0.05) is 6.58 Å². The molecular formula is C37H34F3N7O2S. The summed E-state index contributed by atoms with van der Waals surface area (Å²) in [6, 6.07) is 7.00. The second-order valence-corrected chi connectivity index (χ2v) is 14.1. The van der Waals surface area contributed by atoms with Gasteiger partial charge in [0.2, 0.25) is 5.91 Å². The van der Waals surface area contributed by atoms with Crippen molar-refractivity contribution in [3.8, 4) is 39.5 Å². The highest BCUT2D eigenvalue weighted by Crippen LogP contribution is 2.49. The summed E-state index contributed by atoms with van der Waals surface area (Å²) in [6.45, 7) is 9.24. The topological polar surface area (TPSA) is 81.3 Å². The van der Waals surface area contributed by atoms with Gasteiger partial charge in [0.1, 0.15) is 40.7 Å². The van der Waals surface area contributed by atoms with E-state index in [1.807, 2.05) is 61.6 Å². The quantitative estimate of drug-likeness (QED) is 0.168. The standard InChI is InChI=1S/C37H34F3N7O2S/c1-6-31(48)46-16-19(2)47-28(20(46)3)14-27(43-47)36-34(32-24(39)12-22(38)13-30(32)49-23-7-9-44(4)17-23)33-25(40)18-50-37(33)35(42-36)21-11-29-26(41-15-21)8-10-45(29)5/h6,8,10-15,18-20,23H,1,7,9,16-17H2,2-5H3/t19-,20+,23-/m0/s1. The fourth-order valence-corrected chi connectivity index (χ4v) is 8.23. The van der Waals surface area contributed by atoms with Crippen molar-refractivity contribution in [2.75, 3.05) is 26.7 Å². The smallest absolute Gasteiger partial charge is 0.246 e. The second-order valence-electron chi connectivity index (χ2n) is 13.2. The number of ether oxygens (including phenoxy) is 1. The van der Waals surface area contributed by atoms with Crippen LogP contribution in [0.15, 0.2) is 60.8 Å². The highest BCUT2D eigenvalue weighted by molar-refractivity contribution is 7.17. The average Bonchev–Trinajstić information content (AvgIpc) is 3.89. The summed E-state index contributed by atoms with van der Waals surface area (Å²) in [7, 11) is 3.87. The van der Waals surface area contributed by atoms with E-state index in [4.69, 9.17) is 14.8 Å². The first-order valence-electron chi connectivity index (χ1n) is 16.4. The molecule has 7 heterocycles. The lowest BCUT2D eigenvalue weighted by Crippen LogP contribution is -2.42. The fraction of sp³-hybridized carbons (Fsp3) is 0.297. The number of likely N-dealkylation sites (tertiary alicyclic amines) is 1. The molecule has 0 spiro atoms. The van der Waals surface area contributed by atoms with E-state index in [1.165, 1.54) is 11.5 Å². The van der Waals surface area contributed by atoms with Crippen LogP contribution in [0.25, 0.3) is 54.9 Å². The number of aromatic nitrogens is 5. The number of halogens is 3. The van der Waals surface area contributed by atoms with Crippen LogP contribution >= 0.6 is 11.3 Å². The number of carbonyl (C=O) groups excluding carboxylic acids is 1. The molecule has 1 saturated heterocycles. The summed E-state index contributed by atoms with van der Waals surface area (Å²) >= 11 is 1.15. The van der Waals surface area contributed by atoms with Gasteiger partial charge in [-0.05, 0) is 51.6 Å². The third kappa shape index (κ3) is 5.18. The molecule has 13 heteroatoms. The van der Waals surface area contributed by atoms with Gasteiger partial charge in [0.25, 0.3) is 0 Å². The number of nitrogens with zero attached hydrogens (tertiary/aromatic N) is 7. The third-order valence-electron chi connectivity index (χ3n) is 9.83. The molecule has 6 aromatic rings. The number of amides is 1. The summed E-state index contributed by atoms with van der Waals surface area (Å²) < 4.78 is 58.2. The van der Waals surface area contributed by atoms with E-state index in [0.717, 1.165) is 46.7 Å². The van der Waals surface area contributed by atoms with E-state index in [1.54, 1.807) is 11.1 Å². The second kappa shape index (κ2) is 12.1. The van der Waals surface area contributed by atoms with Crippen LogP contribution in [0.5, 0.6) is 5.75 Å². The Morgan fingerprint density at radius 3 is 2.64 bits per heavy atom. The minimum absolute atomic E-state index is 0.0362. The third-order valence-corrected chi connectivity index (χ3v) is 10.8. The first-order chi connectivity index (χ1) is 24.0. The van der Waals surface area contributed by atoms with Crippen LogP contribution in [0.3, 0.4) is 0 Å². The van der Waals surface area contributed by atoms with Gasteiger partial charge in [-0.15, -0.1) is 11.3 Å². The highest BCUT2D eigenvalue weighted by atomic mass is 32.1. The van der Waals surface area contributed by atoms with Crippen molar-refractivity contribution in [1.82, 2.24) is 34.1 Å². The Bertz CT molecular complexity index is 2350. The van der Waals surface area contributed by atoms with Gasteiger partial charge in [-0.25, -0.2) is 18.2 Å². The summed E-state index contributed by atoms with van der Waals surface area (Å²) in [5, 5.41) is 6.46. The number of hydrogen-bond donors (Lipinski definition) is 0. The molecule has 0 bridgehead atoms. The monoisotopic (exact) mass is 697 g/mol. The number of fused-ring (bicyclic) bond motifs is 3. The molecule has 0 radical (unpaired) electrons. The first-order valence-corrected chi connectivity index (χ1v) is 17.3. The zero-order valence-electron chi connectivity index (χ0n) is 28.0. The number of pyridine rings is 2. The molecule has 0 N–H and O–H groups in total. The van der Waals surface area contributed by atoms with Crippen LogP contribution in [0.1, 0.15) is 38.0 Å². The van der Waals surface area contributed by atoms with Gasteiger partial charge < -0.3 is 19.1 Å². The summed E-state index contributed by atoms with van der Waals surface area (Å²) in [5.74, 6) is -2.55. The normalized spacial score (nSPS) is 19.4. The summed E-state index contributed by atoms with van der Waals surface area (Å²) in [4.78, 5) is 26.4. The number of thiophene rings is 1. The lowest BCUT2D eigenvalue weighted by Gasteiger charge is -2.36. The van der Waals surface area contributed by atoms with Gasteiger partial charge in [0.05, 0.1) is 44.8 Å². The summed E-state index contributed by atoms with van der Waals surface area (Å²) in [5.41, 5.74) is 4.02. The predicted molar refractivity (Wildman–Crippen MR) is 187 cm³/mol. The zero-order valence-corrected chi connectivity index (χ0v) is 28.8. The fourth-order valence-electron chi connectivity index (χ4n) is 7.30. The molecular weight excluding hydrogens is 664 g/mol. The molecule has 1 aromatic carbocycles. The molecule has 3 atom stereocenters. The maximum atomic E-state index is 16.4. The van der Waals surface area contributed by atoms with Gasteiger partial charge in [0.15, 0.2) is 0 Å². The minimum atomic E-state index is -0.908. The summed E-state index contributed by atoms with van der Waals surface area (Å²) in [6.07, 6.45) is 5.22. The van der Waals surface area contributed by atoms with Crippen LogP contribution in [0.2, 0.25) is 0 Å². The molecule has 0 unspecified atom stereocenters. The molecule has 50 heavy (non-hydrogen) atoms. The maximum Gasteiger partial charge on any atom is 0.246 e. The van der Waals surface area contributed by atoms with Crippen LogP contribution in [0, 0.1) is 17.5 Å². The lowest BCUT2D eigenvalue weighted by atomic mass is 9.95. The van der Waals surface area contributed by atoms with Crippen molar-refractivity contribution in [2.45, 2.75) is 38.5 Å². The maximum absolute atomic E-state index is 16.4. The van der Waals surface area contributed by atoms with Crippen LogP contribution in [-0.2, 0) is 11.8 Å². The van der Waals surface area contributed by atoms with Crippen molar-refractivity contribution in [3.05, 3.63) is 83.9 Å². The zero-order chi connectivity index (χ0) is 35.0. The average molecular weight is 698 g/mol. The molecule has 2 aliphatic rings. The molecule has 1 fully saturated rings. The van der Waals surface area contributed by atoms with E-state index in [0.29, 0.717) is 41.2 Å². The van der Waals surface area contributed by atoms with Gasteiger partial charge >= 0.3 is 0 Å². The molecule has 9 nitrogen and oxygen atoms in total. The molecule has 8 rings (SSSR count). The van der Waals surface area contributed by atoms with Crippen molar-refractivity contribution in [3.63, 3.8) is 0 Å². The molecule has 0 saturated carbocycles.